The third-order valence-electron chi connectivity index (χ3n) is 3.46. The van der Waals surface area contributed by atoms with Gasteiger partial charge < -0.3 is 20.7 Å². The molecule has 1 aliphatic rings. The van der Waals surface area contributed by atoms with E-state index in [9.17, 15) is 14.4 Å². The van der Waals surface area contributed by atoms with E-state index >= 15 is 0 Å². The van der Waals surface area contributed by atoms with Crippen LogP contribution in [-0.4, -0.2) is 37.1 Å². The van der Waals surface area contributed by atoms with Crippen LogP contribution in [0.2, 0.25) is 0 Å². The van der Waals surface area contributed by atoms with Crippen molar-refractivity contribution in [2.45, 2.75) is 25.8 Å². The van der Waals surface area contributed by atoms with Gasteiger partial charge in [-0.15, -0.1) is 0 Å². The maximum atomic E-state index is 11.8. The Morgan fingerprint density at radius 1 is 1.33 bits per heavy atom. The molecule has 0 radical (unpaired) electrons. The zero-order valence-electron chi connectivity index (χ0n) is 13.5. The number of carbonyl (C=O) groups is 3. The topological polar surface area (TPSA) is 96.5 Å². The minimum absolute atomic E-state index is 0.00126. The van der Waals surface area contributed by atoms with E-state index in [2.05, 4.69) is 16.0 Å². The molecule has 2 rings (SSSR count). The SMILES string of the molecule is CCOC(=O)C=Cc1ccc(NC(=O)NCC2CCC(=O)N2)cc1. The Balaban J connectivity index is 1.77. The summed E-state index contributed by atoms with van der Waals surface area (Å²) < 4.78 is 4.80. The largest absolute Gasteiger partial charge is 0.463 e. The van der Waals surface area contributed by atoms with Crippen LogP contribution in [0.5, 0.6) is 0 Å². The minimum Gasteiger partial charge on any atom is -0.463 e. The Hall–Kier alpha value is -2.83. The molecule has 7 heteroatoms. The standard InChI is InChI=1S/C17H21N3O4/c1-2-24-16(22)10-5-12-3-6-13(7-4-12)20-17(23)18-11-14-8-9-15(21)19-14/h3-7,10,14H,2,8-9,11H2,1H3,(H,19,21)(H2,18,20,23). The Morgan fingerprint density at radius 3 is 2.71 bits per heavy atom. The minimum atomic E-state index is -0.391. The predicted octanol–water partition coefficient (Wildman–Crippen LogP) is 1.66. The van der Waals surface area contributed by atoms with Crippen molar-refractivity contribution in [3.63, 3.8) is 0 Å². The Morgan fingerprint density at radius 2 is 2.08 bits per heavy atom. The highest BCUT2D eigenvalue weighted by Crippen LogP contribution is 2.11. The fourth-order valence-electron chi connectivity index (χ4n) is 2.25. The number of nitrogens with one attached hydrogen (secondary N) is 3. The van der Waals surface area contributed by atoms with Crippen LogP contribution in [0.25, 0.3) is 6.08 Å². The molecule has 0 aliphatic carbocycles. The molecule has 1 unspecified atom stereocenters. The average molecular weight is 331 g/mol. The van der Waals surface area contributed by atoms with Crippen molar-refractivity contribution in [3.8, 4) is 0 Å². The first-order valence-electron chi connectivity index (χ1n) is 7.86. The van der Waals surface area contributed by atoms with Gasteiger partial charge in [-0.1, -0.05) is 12.1 Å². The molecule has 3 amide bonds. The smallest absolute Gasteiger partial charge is 0.330 e. The maximum absolute atomic E-state index is 11.8. The number of urea groups is 1. The van der Waals surface area contributed by atoms with E-state index in [1.165, 1.54) is 6.08 Å². The van der Waals surface area contributed by atoms with E-state index in [0.29, 0.717) is 25.3 Å². The van der Waals surface area contributed by atoms with E-state index in [1.54, 1.807) is 37.3 Å². The zero-order valence-corrected chi connectivity index (χ0v) is 13.5. The van der Waals surface area contributed by atoms with E-state index < -0.39 is 5.97 Å². The monoisotopic (exact) mass is 331 g/mol. The summed E-state index contributed by atoms with van der Waals surface area (Å²) in [5.74, 6) is -0.369. The summed E-state index contributed by atoms with van der Waals surface area (Å²) in [6.07, 6.45) is 4.24. The highest BCUT2D eigenvalue weighted by Gasteiger charge is 2.20. The highest BCUT2D eigenvalue weighted by molar-refractivity contribution is 5.90. The Kier molecular flexibility index (Phi) is 6.36. The van der Waals surface area contributed by atoms with Crippen LogP contribution < -0.4 is 16.0 Å². The first kappa shape index (κ1) is 17.5. The molecule has 1 atom stereocenters. The third-order valence-corrected chi connectivity index (χ3v) is 3.46. The van der Waals surface area contributed by atoms with Crippen molar-refractivity contribution in [1.82, 2.24) is 10.6 Å². The van der Waals surface area contributed by atoms with Crippen LogP contribution >= 0.6 is 0 Å². The quantitative estimate of drug-likeness (QED) is 0.545. The molecule has 3 N–H and O–H groups in total. The highest BCUT2D eigenvalue weighted by atomic mass is 16.5. The molecule has 1 saturated heterocycles. The molecular formula is C17H21N3O4. The number of amides is 3. The van der Waals surface area contributed by atoms with Gasteiger partial charge in [0.15, 0.2) is 0 Å². The number of benzene rings is 1. The van der Waals surface area contributed by atoms with Crippen molar-refractivity contribution in [3.05, 3.63) is 35.9 Å². The Labute approximate surface area is 140 Å². The number of hydrogen-bond acceptors (Lipinski definition) is 4. The Bertz CT molecular complexity index is 625. The molecule has 1 aromatic rings. The third kappa shape index (κ3) is 5.75. The normalized spacial score (nSPS) is 16.7. The van der Waals surface area contributed by atoms with Crippen LogP contribution in [0.3, 0.4) is 0 Å². The lowest BCUT2D eigenvalue weighted by Crippen LogP contribution is -2.40. The summed E-state index contributed by atoms with van der Waals surface area (Å²) in [4.78, 5) is 34.1. The number of esters is 1. The number of anilines is 1. The lowest BCUT2D eigenvalue weighted by molar-refractivity contribution is -0.137. The second kappa shape index (κ2) is 8.71. The molecule has 7 nitrogen and oxygen atoms in total. The molecular weight excluding hydrogens is 310 g/mol. The van der Waals surface area contributed by atoms with Crippen LogP contribution in [0.4, 0.5) is 10.5 Å². The van der Waals surface area contributed by atoms with E-state index in [1.807, 2.05) is 0 Å². The molecule has 0 saturated carbocycles. The lowest BCUT2D eigenvalue weighted by Gasteiger charge is -2.12. The molecule has 1 heterocycles. The summed E-state index contributed by atoms with van der Waals surface area (Å²) in [5, 5.41) is 8.22. The molecule has 1 aromatic carbocycles. The lowest BCUT2D eigenvalue weighted by atomic mass is 10.2. The summed E-state index contributed by atoms with van der Waals surface area (Å²) in [6, 6.07) is 6.71. The summed E-state index contributed by atoms with van der Waals surface area (Å²) in [6.45, 7) is 2.49. The van der Waals surface area contributed by atoms with Gasteiger partial charge in [0.25, 0.3) is 0 Å². The van der Waals surface area contributed by atoms with Crippen molar-refractivity contribution < 1.29 is 19.1 Å². The molecule has 128 valence electrons. The van der Waals surface area contributed by atoms with Crippen molar-refractivity contribution >= 4 is 29.7 Å². The summed E-state index contributed by atoms with van der Waals surface area (Å²) in [5.41, 5.74) is 1.46. The number of rotatable bonds is 6. The molecule has 1 fully saturated rings. The fraction of sp³-hybridized carbons (Fsp3) is 0.353. The molecule has 0 bridgehead atoms. The van der Waals surface area contributed by atoms with Gasteiger partial charge in [-0.05, 0) is 37.1 Å². The van der Waals surface area contributed by atoms with Crippen LogP contribution in [0.15, 0.2) is 30.3 Å². The molecule has 0 aromatic heterocycles. The van der Waals surface area contributed by atoms with Crippen LogP contribution in [0, 0.1) is 0 Å². The number of ether oxygens (including phenoxy) is 1. The number of hydrogen-bond donors (Lipinski definition) is 3. The molecule has 0 spiro atoms. The fourth-order valence-corrected chi connectivity index (χ4v) is 2.25. The van der Waals surface area contributed by atoms with Crippen molar-refractivity contribution in [2.75, 3.05) is 18.5 Å². The van der Waals surface area contributed by atoms with Gasteiger partial charge in [0.2, 0.25) is 5.91 Å². The molecule has 24 heavy (non-hydrogen) atoms. The first-order valence-corrected chi connectivity index (χ1v) is 7.86. The van der Waals surface area contributed by atoms with Crippen molar-refractivity contribution in [2.24, 2.45) is 0 Å². The van der Waals surface area contributed by atoms with Gasteiger partial charge in [-0.2, -0.15) is 0 Å². The van der Waals surface area contributed by atoms with Crippen LogP contribution in [-0.2, 0) is 14.3 Å². The zero-order chi connectivity index (χ0) is 17.4. The van der Waals surface area contributed by atoms with Crippen molar-refractivity contribution in [1.29, 1.82) is 0 Å². The first-order chi connectivity index (χ1) is 11.6. The predicted molar refractivity (Wildman–Crippen MR) is 90.3 cm³/mol. The van der Waals surface area contributed by atoms with Gasteiger partial charge in [-0.3, -0.25) is 4.79 Å². The summed E-state index contributed by atoms with van der Waals surface area (Å²) in [7, 11) is 0. The summed E-state index contributed by atoms with van der Waals surface area (Å²) >= 11 is 0. The van der Waals surface area contributed by atoms with E-state index in [4.69, 9.17) is 4.74 Å². The van der Waals surface area contributed by atoms with Gasteiger partial charge in [-0.25, -0.2) is 9.59 Å². The second-order valence-corrected chi connectivity index (χ2v) is 5.35. The molecule has 1 aliphatic heterocycles. The average Bonchev–Trinajstić information content (AvgIpc) is 2.98. The van der Waals surface area contributed by atoms with E-state index in [0.717, 1.165) is 12.0 Å². The van der Waals surface area contributed by atoms with Gasteiger partial charge in [0.1, 0.15) is 0 Å². The maximum Gasteiger partial charge on any atom is 0.330 e. The van der Waals surface area contributed by atoms with E-state index in [-0.39, 0.29) is 18.0 Å². The van der Waals surface area contributed by atoms with Gasteiger partial charge in [0.05, 0.1) is 6.61 Å². The van der Waals surface area contributed by atoms with Gasteiger partial charge in [0, 0.05) is 30.8 Å². The second-order valence-electron chi connectivity index (χ2n) is 5.35. The van der Waals surface area contributed by atoms with Crippen LogP contribution in [0.1, 0.15) is 25.3 Å². The number of carbonyl (C=O) groups excluding carboxylic acids is 3. The van der Waals surface area contributed by atoms with Gasteiger partial charge >= 0.3 is 12.0 Å².